The zero-order valence-corrected chi connectivity index (χ0v) is 12.8. The first-order valence-electron chi connectivity index (χ1n) is 6.19. The zero-order chi connectivity index (χ0) is 15.6. The third kappa shape index (κ3) is 3.46. The van der Waals surface area contributed by atoms with Crippen molar-refractivity contribution in [2.45, 2.75) is 18.2 Å². The highest BCUT2D eigenvalue weighted by Gasteiger charge is 2.19. The summed E-state index contributed by atoms with van der Waals surface area (Å²) in [5.74, 6) is -0.680. The average molecular weight is 329 g/mol. The minimum atomic E-state index is -3.98. The molecule has 0 aliphatic carbocycles. The van der Waals surface area contributed by atoms with Gasteiger partial charge in [-0.05, 0) is 42.3 Å². The highest BCUT2D eigenvalue weighted by molar-refractivity contribution is 7.92. The second-order valence-electron chi connectivity index (χ2n) is 4.45. The van der Waals surface area contributed by atoms with E-state index in [2.05, 4.69) is 4.72 Å². The van der Waals surface area contributed by atoms with Crippen LogP contribution in [0.3, 0.4) is 0 Å². The van der Waals surface area contributed by atoms with Crippen LogP contribution in [0.5, 0.6) is 0 Å². The lowest BCUT2D eigenvalue weighted by Crippen LogP contribution is -2.14. The van der Waals surface area contributed by atoms with Crippen molar-refractivity contribution in [3.63, 3.8) is 0 Å². The summed E-state index contributed by atoms with van der Waals surface area (Å²) in [6, 6.07) is 8.01. The fourth-order valence-corrected chi connectivity index (χ4v) is 3.44. The van der Waals surface area contributed by atoms with Gasteiger partial charge in [-0.2, -0.15) is 0 Å². The van der Waals surface area contributed by atoms with Gasteiger partial charge in [0.2, 0.25) is 0 Å². The molecule has 0 bridgehead atoms. The van der Waals surface area contributed by atoms with Crippen molar-refractivity contribution >= 4 is 33.0 Å². The molecular weight excluding hydrogens is 315 g/mol. The number of nitrogens with one attached hydrogen (secondary N) is 1. The van der Waals surface area contributed by atoms with Crippen LogP contribution in [0.4, 0.5) is 15.8 Å². The number of hydrogen-bond acceptors (Lipinski definition) is 3. The standard InChI is InChI=1S/C14H14ClFN2O2S/c1-2-9-3-5-11(8-13(9)17)18-21(19,20)14-7-10(16)4-6-12(14)15/h3-8,18H,2,17H2,1H3. The van der Waals surface area contributed by atoms with E-state index in [1.54, 1.807) is 12.1 Å². The van der Waals surface area contributed by atoms with Crippen LogP contribution in [-0.4, -0.2) is 8.42 Å². The van der Waals surface area contributed by atoms with Crippen LogP contribution >= 0.6 is 11.6 Å². The number of anilines is 2. The van der Waals surface area contributed by atoms with E-state index in [1.807, 2.05) is 6.92 Å². The van der Waals surface area contributed by atoms with Crippen LogP contribution in [0.15, 0.2) is 41.3 Å². The monoisotopic (exact) mass is 328 g/mol. The number of aryl methyl sites for hydroxylation is 1. The second kappa shape index (κ2) is 5.91. The Kier molecular flexibility index (Phi) is 4.39. The van der Waals surface area contributed by atoms with E-state index in [1.165, 1.54) is 12.1 Å². The number of hydrogen-bond donors (Lipinski definition) is 2. The number of nitrogen functional groups attached to an aromatic ring is 1. The van der Waals surface area contributed by atoms with Gasteiger partial charge >= 0.3 is 0 Å². The highest BCUT2D eigenvalue weighted by Crippen LogP contribution is 2.26. The normalized spacial score (nSPS) is 11.4. The molecule has 21 heavy (non-hydrogen) atoms. The van der Waals surface area contributed by atoms with Crippen LogP contribution in [0.1, 0.15) is 12.5 Å². The zero-order valence-electron chi connectivity index (χ0n) is 11.2. The molecule has 0 atom stereocenters. The molecule has 0 unspecified atom stereocenters. The number of nitrogens with two attached hydrogens (primary N) is 1. The lowest BCUT2D eigenvalue weighted by atomic mass is 10.1. The molecule has 2 aromatic rings. The van der Waals surface area contributed by atoms with Crippen molar-refractivity contribution in [1.82, 2.24) is 0 Å². The summed E-state index contributed by atoms with van der Waals surface area (Å²) in [5, 5.41) is -0.0537. The summed E-state index contributed by atoms with van der Waals surface area (Å²) >= 11 is 5.82. The van der Waals surface area contributed by atoms with E-state index in [-0.39, 0.29) is 9.92 Å². The minimum absolute atomic E-state index is 0.0537. The van der Waals surface area contributed by atoms with E-state index in [0.717, 1.165) is 24.1 Å². The van der Waals surface area contributed by atoms with Crippen molar-refractivity contribution in [1.29, 1.82) is 0 Å². The summed E-state index contributed by atoms with van der Waals surface area (Å²) < 4.78 is 40.0. The predicted molar refractivity (Wildman–Crippen MR) is 82.5 cm³/mol. The fourth-order valence-electron chi connectivity index (χ4n) is 1.87. The Morgan fingerprint density at radius 1 is 1.24 bits per heavy atom. The molecule has 0 aliphatic rings. The molecule has 0 fully saturated rings. The maximum Gasteiger partial charge on any atom is 0.263 e. The summed E-state index contributed by atoms with van der Waals surface area (Å²) in [5.41, 5.74) is 7.53. The van der Waals surface area contributed by atoms with Crippen LogP contribution in [0.25, 0.3) is 0 Å². The van der Waals surface area contributed by atoms with E-state index in [0.29, 0.717) is 11.4 Å². The van der Waals surface area contributed by atoms with Gasteiger partial charge in [-0.1, -0.05) is 24.6 Å². The minimum Gasteiger partial charge on any atom is -0.398 e. The molecule has 0 saturated heterocycles. The lowest BCUT2D eigenvalue weighted by Gasteiger charge is -2.11. The van der Waals surface area contributed by atoms with Gasteiger partial charge < -0.3 is 5.73 Å². The van der Waals surface area contributed by atoms with Gasteiger partial charge in [0.05, 0.1) is 10.7 Å². The molecule has 0 aromatic heterocycles. The van der Waals surface area contributed by atoms with Crippen LogP contribution in [-0.2, 0) is 16.4 Å². The largest absolute Gasteiger partial charge is 0.398 e. The molecule has 0 heterocycles. The third-order valence-corrected chi connectivity index (χ3v) is 4.82. The fraction of sp³-hybridized carbons (Fsp3) is 0.143. The molecule has 7 heteroatoms. The molecule has 2 aromatic carbocycles. The second-order valence-corrected chi connectivity index (χ2v) is 6.51. The SMILES string of the molecule is CCc1ccc(NS(=O)(=O)c2cc(F)ccc2Cl)cc1N. The van der Waals surface area contributed by atoms with E-state index in [4.69, 9.17) is 17.3 Å². The Balaban J connectivity index is 2.37. The molecule has 0 spiro atoms. The summed E-state index contributed by atoms with van der Waals surface area (Å²) in [6.07, 6.45) is 0.745. The molecule has 0 radical (unpaired) electrons. The van der Waals surface area contributed by atoms with Gasteiger partial charge in [0, 0.05) is 5.69 Å². The number of halogens is 2. The predicted octanol–water partition coefficient (Wildman–Crippen LogP) is 3.42. The molecule has 112 valence electrons. The Labute approximate surface area is 127 Å². The van der Waals surface area contributed by atoms with Crippen LogP contribution in [0.2, 0.25) is 5.02 Å². The van der Waals surface area contributed by atoms with Crippen molar-refractivity contribution in [2.24, 2.45) is 0 Å². The highest BCUT2D eigenvalue weighted by atomic mass is 35.5. The molecule has 4 nitrogen and oxygen atoms in total. The quantitative estimate of drug-likeness (QED) is 0.845. The third-order valence-electron chi connectivity index (χ3n) is 2.96. The molecule has 0 amide bonds. The van der Waals surface area contributed by atoms with Gasteiger partial charge in [-0.25, -0.2) is 12.8 Å². The average Bonchev–Trinajstić information content (AvgIpc) is 2.41. The smallest absolute Gasteiger partial charge is 0.263 e. The van der Waals surface area contributed by atoms with Crippen molar-refractivity contribution in [3.05, 3.63) is 52.8 Å². The van der Waals surface area contributed by atoms with E-state index >= 15 is 0 Å². The van der Waals surface area contributed by atoms with Gasteiger partial charge in [-0.3, -0.25) is 4.72 Å². The molecular formula is C14H14ClFN2O2S. The lowest BCUT2D eigenvalue weighted by molar-refractivity contribution is 0.595. The molecule has 0 aliphatic heterocycles. The number of sulfonamides is 1. The molecule has 3 N–H and O–H groups in total. The molecule has 0 saturated carbocycles. The Morgan fingerprint density at radius 2 is 1.95 bits per heavy atom. The maximum atomic E-state index is 13.2. The van der Waals surface area contributed by atoms with Crippen LogP contribution in [0, 0.1) is 5.82 Å². The van der Waals surface area contributed by atoms with Crippen molar-refractivity contribution in [3.8, 4) is 0 Å². The summed E-state index contributed by atoms with van der Waals surface area (Å²) in [7, 11) is -3.98. The first-order chi connectivity index (χ1) is 9.83. The Morgan fingerprint density at radius 3 is 2.57 bits per heavy atom. The molecule has 2 rings (SSSR count). The van der Waals surface area contributed by atoms with Crippen molar-refractivity contribution in [2.75, 3.05) is 10.5 Å². The maximum absolute atomic E-state index is 13.2. The van der Waals surface area contributed by atoms with Crippen LogP contribution < -0.4 is 10.5 Å². The topological polar surface area (TPSA) is 72.2 Å². The Bertz CT molecular complexity index is 779. The van der Waals surface area contributed by atoms with Crippen molar-refractivity contribution < 1.29 is 12.8 Å². The Hall–Kier alpha value is -1.79. The first kappa shape index (κ1) is 15.6. The first-order valence-corrected chi connectivity index (χ1v) is 8.06. The summed E-state index contributed by atoms with van der Waals surface area (Å²) in [4.78, 5) is -0.317. The van der Waals surface area contributed by atoms with Gasteiger partial charge in [0.1, 0.15) is 10.7 Å². The van der Waals surface area contributed by atoms with Gasteiger partial charge in [0.25, 0.3) is 10.0 Å². The summed E-state index contributed by atoms with van der Waals surface area (Å²) in [6.45, 7) is 1.95. The van der Waals surface area contributed by atoms with Gasteiger partial charge in [0.15, 0.2) is 0 Å². The van der Waals surface area contributed by atoms with Gasteiger partial charge in [-0.15, -0.1) is 0 Å². The van der Waals surface area contributed by atoms with E-state index in [9.17, 15) is 12.8 Å². The number of benzene rings is 2. The number of rotatable bonds is 4. The van der Waals surface area contributed by atoms with E-state index < -0.39 is 15.8 Å².